The van der Waals surface area contributed by atoms with Crippen molar-refractivity contribution in [3.63, 3.8) is 0 Å². The molecule has 1 heterocycles. The van der Waals surface area contributed by atoms with Gasteiger partial charge in [0.15, 0.2) is 0 Å². The SMILES string of the molecule is CCOC(=O)c1cc(C(F)(F)F)c2cc(CCC34CCC(I)(CC3)CC4)ccc2n1. The molecule has 3 aliphatic carbocycles. The zero-order valence-corrected chi connectivity index (χ0v) is 19.1. The van der Waals surface area contributed by atoms with Crippen LogP contribution < -0.4 is 0 Å². The van der Waals surface area contributed by atoms with Gasteiger partial charge in [0, 0.05) is 8.81 Å². The van der Waals surface area contributed by atoms with Crippen molar-refractivity contribution < 1.29 is 22.7 Å². The molecule has 30 heavy (non-hydrogen) atoms. The normalized spacial score (nSPS) is 26.2. The lowest BCUT2D eigenvalue weighted by Crippen LogP contribution is -2.42. The van der Waals surface area contributed by atoms with Crippen LogP contribution in [0.15, 0.2) is 24.3 Å². The predicted molar refractivity (Wildman–Crippen MR) is 118 cm³/mol. The van der Waals surface area contributed by atoms with Gasteiger partial charge in [0.05, 0.1) is 17.7 Å². The third kappa shape index (κ3) is 4.32. The molecule has 0 aliphatic heterocycles. The number of aryl methyl sites for hydroxylation is 1. The van der Waals surface area contributed by atoms with E-state index in [9.17, 15) is 18.0 Å². The summed E-state index contributed by atoms with van der Waals surface area (Å²) in [6.45, 7) is 1.69. The van der Waals surface area contributed by atoms with E-state index in [-0.39, 0.29) is 23.2 Å². The maximum atomic E-state index is 13.7. The third-order valence-corrected chi connectivity index (χ3v) is 8.54. The van der Waals surface area contributed by atoms with Crippen LogP contribution in [0.25, 0.3) is 10.9 Å². The molecule has 0 amide bonds. The van der Waals surface area contributed by atoms with E-state index in [1.54, 1.807) is 19.1 Å². The average molecular weight is 531 g/mol. The number of nitrogens with zero attached hydrogens (tertiary/aromatic N) is 1. The molecule has 3 aliphatic rings. The van der Waals surface area contributed by atoms with E-state index >= 15 is 0 Å². The van der Waals surface area contributed by atoms with Crippen molar-refractivity contribution in [1.29, 1.82) is 0 Å². The summed E-state index contributed by atoms with van der Waals surface area (Å²) in [6.07, 6.45) is 4.64. The molecule has 7 heteroatoms. The first-order valence-corrected chi connectivity index (χ1v) is 11.6. The minimum atomic E-state index is -4.57. The van der Waals surface area contributed by atoms with Gasteiger partial charge >= 0.3 is 12.1 Å². The van der Waals surface area contributed by atoms with Gasteiger partial charge in [-0.3, -0.25) is 0 Å². The van der Waals surface area contributed by atoms with Crippen molar-refractivity contribution >= 4 is 39.5 Å². The highest BCUT2D eigenvalue weighted by molar-refractivity contribution is 14.1. The number of hydrogen-bond donors (Lipinski definition) is 0. The number of hydrogen-bond acceptors (Lipinski definition) is 3. The standard InChI is InChI=1S/C23H25F3INO2/c1-2-30-20(29)19-14-17(23(24,25)26)16-13-15(3-4-18(16)28-19)5-6-21-7-10-22(27,11-8-21)12-9-21/h3-4,13-14H,2,5-12H2,1H3. The van der Waals surface area contributed by atoms with Crippen LogP contribution in [-0.4, -0.2) is 21.0 Å². The van der Waals surface area contributed by atoms with E-state index in [2.05, 4.69) is 27.6 Å². The summed E-state index contributed by atoms with van der Waals surface area (Å²) >= 11 is 2.62. The quantitative estimate of drug-likeness (QED) is 0.240. The van der Waals surface area contributed by atoms with Gasteiger partial charge in [0.2, 0.25) is 0 Å². The smallest absolute Gasteiger partial charge is 0.417 e. The van der Waals surface area contributed by atoms with Crippen molar-refractivity contribution in [3.8, 4) is 0 Å². The molecule has 0 spiro atoms. The fourth-order valence-corrected chi connectivity index (χ4v) is 5.78. The first-order valence-electron chi connectivity index (χ1n) is 10.5. The van der Waals surface area contributed by atoms with Gasteiger partial charge in [0.25, 0.3) is 0 Å². The Hall–Kier alpha value is -1.38. The Morgan fingerprint density at radius 1 is 1.13 bits per heavy atom. The first-order chi connectivity index (χ1) is 14.1. The first kappa shape index (κ1) is 21.8. The van der Waals surface area contributed by atoms with E-state index in [0.29, 0.717) is 8.84 Å². The number of carbonyl (C=O) groups excluding carboxylic acids is 1. The predicted octanol–water partition coefficient (Wildman–Crippen LogP) is 6.89. The average Bonchev–Trinajstić information content (AvgIpc) is 2.72. The number of benzene rings is 1. The molecule has 3 saturated carbocycles. The third-order valence-electron chi connectivity index (χ3n) is 6.92. The number of halogens is 4. The molecule has 162 valence electrons. The van der Waals surface area contributed by atoms with Crippen LogP contribution in [0, 0.1) is 5.41 Å². The Balaban J connectivity index is 1.61. The number of esters is 1. The molecule has 0 saturated heterocycles. The molecule has 0 radical (unpaired) electrons. The van der Waals surface area contributed by atoms with Gasteiger partial charge in [-0.05, 0) is 87.5 Å². The monoisotopic (exact) mass is 531 g/mol. The number of ether oxygens (including phenoxy) is 1. The van der Waals surface area contributed by atoms with E-state index in [1.807, 2.05) is 6.07 Å². The lowest BCUT2D eigenvalue weighted by atomic mass is 9.59. The maximum Gasteiger partial charge on any atom is 0.417 e. The van der Waals surface area contributed by atoms with E-state index in [0.717, 1.165) is 24.5 Å². The number of aromatic nitrogens is 1. The fraction of sp³-hybridized carbons (Fsp3) is 0.565. The highest BCUT2D eigenvalue weighted by Gasteiger charge is 2.46. The van der Waals surface area contributed by atoms with Crippen LogP contribution in [-0.2, 0) is 17.3 Å². The minimum absolute atomic E-state index is 0.0455. The maximum absolute atomic E-state index is 13.7. The fourth-order valence-electron chi connectivity index (χ4n) is 4.97. The molecule has 1 aromatic carbocycles. The van der Waals surface area contributed by atoms with Crippen LogP contribution in [0.5, 0.6) is 0 Å². The summed E-state index contributed by atoms with van der Waals surface area (Å²) in [5.41, 5.74) is 0.265. The molecule has 0 atom stereocenters. The van der Waals surface area contributed by atoms with Crippen molar-refractivity contribution in [1.82, 2.24) is 4.98 Å². The number of pyridine rings is 1. The summed E-state index contributed by atoms with van der Waals surface area (Å²) in [5, 5.41) is 0.0455. The zero-order chi connectivity index (χ0) is 21.6. The topological polar surface area (TPSA) is 39.2 Å². The number of alkyl halides is 4. The van der Waals surface area contributed by atoms with E-state index in [1.165, 1.54) is 38.5 Å². The van der Waals surface area contributed by atoms with Crippen LogP contribution in [0.2, 0.25) is 0 Å². The second-order valence-corrected chi connectivity index (χ2v) is 11.1. The van der Waals surface area contributed by atoms with Crippen LogP contribution in [0.4, 0.5) is 13.2 Å². The Bertz CT molecular complexity index is 948. The lowest BCUT2D eigenvalue weighted by Gasteiger charge is -2.51. The summed E-state index contributed by atoms with van der Waals surface area (Å²) in [7, 11) is 0. The van der Waals surface area contributed by atoms with Gasteiger partial charge in [-0.1, -0.05) is 28.7 Å². The van der Waals surface area contributed by atoms with Crippen LogP contribution in [0.1, 0.15) is 73.5 Å². The lowest BCUT2D eigenvalue weighted by molar-refractivity contribution is -0.136. The van der Waals surface area contributed by atoms with Gasteiger partial charge < -0.3 is 4.74 Å². The number of carbonyl (C=O) groups is 1. The molecule has 5 rings (SSSR count). The van der Waals surface area contributed by atoms with Crippen LogP contribution >= 0.6 is 22.6 Å². The Kier molecular flexibility index (Phi) is 5.79. The van der Waals surface area contributed by atoms with Gasteiger partial charge in [-0.15, -0.1) is 0 Å². The molecule has 3 fully saturated rings. The Labute approximate surface area is 187 Å². The van der Waals surface area contributed by atoms with Gasteiger partial charge in [-0.25, -0.2) is 9.78 Å². The van der Waals surface area contributed by atoms with Crippen molar-refractivity contribution in [3.05, 3.63) is 41.1 Å². The van der Waals surface area contributed by atoms with E-state index in [4.69, 9.17) is 4.74 Å². The van der Waals surface area contributed by atoms with Gasteiger partial charge in [-0.2, -0.15) is 13.2 Å². The Morgan fingerprint density at radius 3 is 2.40 bits per heavy atom. The Morgan fingerprint density at radius 2 is 1.80 bits per heavy atom. The molecule has 1 aromatic heterocycles. The van der Waals surface area contributed by atoms with Gasteiger partial charge in [0.1, 0.15) is 5.69 Å². The molecular weight excluding hydrogens is 506 g/mol. The minimum Gasteiger partial charge on any atom is -0.461 e. The largest absolute Gasteiger partial charge is 0.461 e. The molecule has 0 N–H and O–H groups in total. The second kappa shape index (κ2) is 7.95. The van der Waals surface area contributed by atoms with Crippen molar-refractivity contribution in [2.45, 2.75) is 67.9 Å². The van der Waals surface area contributed by atoms with Crippen molar-refractivity contribution in [2.75, 3.05) is 6.61 Å². The summed E-state index contributed by atoms with van der Waals surface area (Å²) in [5.74, 6) is -0.839. The molecule has 2 bridgehead atoms. The summed E-state index contributed by atoms with van der Waals surface area (Å²) in [6, 6.07) is 5.85. The highest BCUT2D eigenvalue weighted by Crippen LogP contribution is 2.58. The van der Waals surface area contributed by atoms with Crippen molar-refractivity contribution in [2.24, 2.45) is 5.41 Å². The van der Waals surface area contributed by atoms with E-state index < -0.39 is 17.7 Å². The van der Waals surface area contributed by atoms with Crippen LogP contribution in [0.3, 0.4) is 0 Å². The summed E-state index contributed by atoms with van der Waals surface area (Å²) < 4.78 is 46.5. The highest BCUT2D eigenvalue weighted by atomic mass is 127. The molecule has 2 aromatic rings. The molecular formula is C23H25F3INO2. The zero-order valence-electron chi connectivity index (χ0n) is 16.9. The number of fused-ring (bicyclic) bond motifs is 4. The second-order valence-electron chi connectivity index (χ2n) is 8.78. The molecule has 0 unspecified atom stereocenters. The number of rotatable bonds is 5. The summed E-state index contributed by atoms with van der Waals surface area (Å²) in [4.78, 5) is 16.1. The molecule has 3 nitrogen and oxygen atoms in total.